The third-order valence-corrected chi connectivity index (χ3v) is 7.53. The fraction of sp³-hybridized carbons (Fsp3) is 0.114. The van der Waals surface area contributed by atoms with Crippen LogP contribution >= 0.6 is 0 Å². The highest BCUT2D eigenvalue weighted by atomic mass is 19.1. The van der Waals surface area contributed by atoms with Gasteiger partial charge in [0, 0.05) is 34.4 Å². The number of methoxy groups -OCH3 is 3. The Morgan fingerprint density at radius 2 is 1.44 bits per heavy atom. The molecule has 0 spiro atoms. The number of hydrogen-bond donors (Lipinski definition) is 0. The number of hydrogen-bond acceptors (Lipinski definition) is 8. The van der Waals surface area contributed by atoms with Crippen LogP contribution in [-0.2, 0) is 4.74 Å². The van der Waals surface area contributed by atoms with Gasteiger partial charge in [0.05, 0.1) is 31.8 Å². The van der Waals surface area contributed by atoms with Crippen LogP contribution in [-0.4, -0.2) is 39.0 Å². The summed E-state index contributed by atoms with van der Waals surface area (Å²) in [6.45, 7) is -0.0496. The molecule has 45 heavy (non-hydrogen) atoms. The maximum atomic E-state index is 14.8. The van der Waals surface area contributed by atoms with E-state index in [1.165, 1.54) is 44.6 Å². The molecule has 5 aromatic rings. The Bertz CT molecular complexity index is 1970. The lowest BCUT2D eigenvalue weighted by Crippen LogP contribution is -2.06. The highest BCUT2D eigenvalue weighted by molar-refractivity contribution is 6.08. The molecule has 1 aliphatic rings. The molecule has 5 aromatic carbocycles. The first kappa shape index (κ1) is 29.2. The van der Waals surface area contributed by atoms with Gasteiger partial charge in [-0.3, -0.25) is 10.1 Å². The maximum Gasteiger partial charge on any atom is 0.338 e. The molecule has 0 aromatic heterocycles. The first-order chi connectivity index (χ1) is 21.8. The Labute approximate surface area is 257 Å². The Hall–Kier alpha value is -5.90. The van der Waals surface area contributed by atoms with Crippen LogP contribution in [0.15, 0.2) is 91.0 Å². The van der Waals surface area contributed by atoms with Crippen LogP contribution in [0.4, 0.5) is 10.1 Å². The van der Waals surface area contributed by atoms with Crippen molar-refractivity contribution in [3.8, 4) is 67.5 Å². The summed E-state index contributed by atoms with van der Waals surface area (Å²) in [4.78, 5) is 24.7. The van der Waals surface area contributed by atoms with E-state index in [1.54, 1.807) is 43.5 Å². The van der Waals surface area contributed by atoms with Crippen LogP contribution in [0.2, 0.25) is 0 Å². The van der Waals surface area contributed by atoms with E-state index in [9.17, 15) is 19.3 Å². The Kier molecular flexibility index (Phi) is 7.78. The van der Waals surface area contributed by atoms with E-state index in [-0.39, 0.29) is 18.0 Å². The van der Waals surface area contributed by atoms with Gasteiger partial charge in [0.15, 0.2) is 11.5 Å². The summed E-state index contributed by atoms with van der Waals surface area (Å²) >= 11 is 0. The highest BCUT2D eigenvalue weighted by Crippen LogP contribution is 2.53. The summed E-state index contributed by atoms with van der Waals surface area (Å²) < 4.78 is 42.8. The lowest BCUT2D eigenvalue weighted by molar-refractivity contribution is -0.384. The fourth-order valence-corrected chi connectivity index (χ4v) is 5.52. The van der Waals surface area contributed by atoms with E-state index >= 15 is 0 Å². The molecular weight excluding hydrogens is 581 g/mol. The van der Waals surface area contributed by atoms with Gasteiger partial charge in [-0.25, -0.2) is 9.18 Å². The van der Waals surface area contributed by atoms with Crippen molar-refractivity contribution in [1.29, 1.82) is 0 Å². The van der Waals surface area contributed by atoms with Crippen molar-refractivity contribution < 1.29 is 37.8 Å². The fourth-order valence-electron chi connectivity index (χ4n) is 5.52. The third-order valence-electron chi connectivity index (χ3n) is 7.53. The smallest absolute Gasteiger partial charge is 0.338 e. The first-order valence-electron chi connectivity index (χ1n) is 13.8. The number of fused-ring (bicyclic) bond motifs is 1. The van der Waals surface area contributed by atoms with Gasteiger partial charge in [0.1, 0.15) is 17.3 Å². The lowest BCUT2D eigenvalue weighted by Gasteiger charge is -2.24. The first-order valence-corrected chi connectivity index (χ1v) is 13.8. The van der Waals surface area contributed by atoms with Gasteiger partial charge in [0.2, 0.25) is 6.79 Å². The molecule has 0 fully saturated rings. The minimum absolute atomic E-state index is 0.0496. The number of nitro benzene ring substituents is 1. The van der Waals surface area contributed by atoms with E-state index in [0.29, 0.717) is 67.5 Å². The van der Waals surface area contributed by atoms with Crippen molar-refractivity contribution in [2.45, 2.75) is 0 Å². The number of non-ortho nitro benzene ring substituents is 1. The molecule has 0 aliphatic carbocycles. The monoisotopic (exact) mass is 607 g/mol. The Morgan fingerprint density at radius 3 is 2.13 bits per heavy atom. The normalized spacial score (nSPS) is 11.6. The number of carbonyl (C=O) groups excluding carboxylic acids is 1. The number of ether oxygens (including phenoxy) is 5. The molecule has 0 unspecified atom stereocenters. The average Bonchev–Trinajstić information content (AvgIpc) is 3.54. The predicted molar refractivity (Wildman–Crippen MR) is 165 cm³/mol. The largest absolute Gasteiger partial charge is 0.497 e. The molecule has 0 saturated heterocycles. The van der Waals surface area contributed by atoms with Crippen LogP contribution in [0, 0.1) is 15.9 Å². The highest BCUT2D eigenvalue weighted by Gasteiger charge is 2.30. The van der Waals surface area contributed by atoms with Crippen LogP contribution in [0.25, 0.3) is 44.5 Å². The molecule has 0 saturated carbocycles. The van der Waals surface area contributed by atoms with Gasteiger partial charge in [-0.1, -0.05) is 36.4 Å². The standard InChI is InChI=1S/C35H26FNO8/c1-41-25-12-6-8-21(15-25)27-16-26(20-7-4-10-23(36)13-20)33(28-17-30-31(45-19-44-30)18-29(28)35(38)43-3)32(34(27)42-2)22-9-5-11-24(14-22)37(39)40/h4-18H,19H2,1-3H3. The molecule has 6 rings (SSSR count). The van der Waals surface area contributed by atoms with Gasteiger partial charge < -0.3 is 23.7 Å². The van der Waals surface area contributed by atoms with E-state index < -0.39 is 16.7 Å². The molecule has 10 heteroatoms. The van der Waals surface area contributed by atoms with E-state index in [4.69, 9.17) is 23.7 Å². The number of halogens is 1. The van der Waals surface area contributed by atoms with Crippen molar-refractivity contribution in [2.75, 3.05) is 28.1 Å². The number of esters is 1. The zero-order chi connectivity index (χ0) is 31.7. The molecule has 1 aliphatic heterocycles. The second kappa shape index (κ2) is 12.0. The lowest BCUT2D eigenvalue weighted by atomic mass is 9.82. The second-order valence-electron chi connectivity index (χ2n) is 10.0. The summed E-state index contributed by atoms with van der Waals surface area (Å²) in [6.07, 6.45) is 0. The van der Waals surface area contributed by atoms with Gasteiger partial charge in [0.25, 0.3) is 5.69 Å². The molecule has 0 N–H and O–H groups in total. The molecular formula is C35H26FNO8. The minimum atomic E-state index is -0.658. The van der Waals surface area contributed by atoms with Gasteiger partial charge >= 0.3 is 5.97 Å². The van der Waals surface area contributed by atoms with Crippen LogP contribution in [0.3, 0.4) is 0 Å². The van der Waals surface area contributed by atoms with Crippen molar-refractivity contribution in [2.24, 2.45) is 0 Å². The minimum Gasteiger partial charge on any atom is -0.497 e. The number of nitrogens with zero attached hydrogens (tertiary/aromatic N) is 1. The van der Waals surface area contributed by atoms with Crippen LogP contribution in [0.5, 0.6) is 23.0 Å². The van der Waals surface area contributed by atoms with Gasteiger partial charge in [-0.05, 0) is 64.7 Å². The zero-order valence-electron chi connectivity index (χ0n) is 24.5. The average molecular weight is 608 g/mol. The quantitative estimate of drug-likeness (QED) is 0.0995. The summed E-state index contributed by atoms with van der Waals surface area (Å²) in [7, 11) is 4.31. The predicted octanol–water partition coefficient (Wildman–Crippen LogP) is 7.93. The molecule has 0 radical (unpaired) electrons. The van der Waals surface area contributed by atoms with Crippen LogP contribution < -0.4 is 18.9 Å². The number of rotatable bonds is 8. The Morgan fingerprint density at radius 1 is 0.756 bits per heavy atom. The number of carbonyl (C=O) groups is 1. The third kappa shape index (κ3) is 5.38. The molecule has 9 nitrogen and oxygen atoms in total. The maximum absolute atomic E-state index is 14.8. The molecule has 0 atom stereocenters. The molecule has 226 valence electrons. The summed E-state index contributed by atoms with van der Waals surface area (Å²) in [5, 5.41) is 11.9. The summed E-state index contributed by atoms with van der Waals surface area (Å²) in [6, 6.07) is 24.5. The molecule has 0 bridgehead atoms. The van der Waals surface area contributed by atoms with Crippen molar-refractivity contribution in [3.05, 3.63) is 112 Å². The summed E-state index contributed by atoms with van der Waals surface area (Å²) in [5.41, 5.74) is 3.93. The number of nitro groups is 1. The SMILES string of the molecule is COC(=O)c1cc2c(cc1-c1c(-c3cccc(F)c3)cc(-c3cccc(OC)c3)c(OC)c1-c1cccc([N+](=O)[O-])c1)OCO2. The molecule has 1 heterocycles. The van der Waals surface area contributed by atoms with Crippen LogP contribution in [0.1, 0.15) is 10.4 Å². The van der Waals surface area contributed by atoms with Crippen molar-refractivity contribution in [1.82, 2.24) is 0 Å². The van der Waals surface area contributed by atoms with Gasteiger partial charge in [-0.2, -0.15) is 0 Å². The second-order valence-corrected chi connectivity index (χ2v) is 10.0. The van der Waals surface area contributed by atoms with E-state index in [1.807, 2.05) is 24.3 Å². The van der Waals surface area contributed by atoms with Gasteiger partial charge in [-0.15, -0.1) is 0 Å². The zero-order valence-corrected chi connectivity index (χ0v) is 24.5. The van der Waals surface area contributed by atoms with E-state index in [0.717, 1.165) is 0 Å². The van der Waals surface area contributed by atoms with Crippen molar-refractivity contribution >= 4 is 11.7 Å². The summed E-state index contributed by atoms with van der Waals surface area (Å²) in [5.74, 6) is 0.535. The topological polar surface area (TPSA) is 106 Å². The number of benzene rings is 5. The molecule has 0 amide bonds. The Balaban J connectivity index is 1.83. The van der Waals surface area contributed by atoms with E-state index in [2.05, 4.69) is 0 Å². The van der Waals surface area contributed by atoms with Crippen molar-refractivity contribution in [3.63, 3.8) is 0 Å².